The molecule has 1 aliphatic carbocycles. The summed E-state index contributed by atoms with van der Waals surface area (Å²) >= 11 is 0. The quantitative estimate of drug-likeness (QED) is 0.618. The average molecular weight is 491 g/mol. The first-order valence-electron chi connectivity index (χ1n) is 13.5. The molecule has 0 spiro atoms. The molecule has 2 aromatic rings. The van der Waals surface area contributed by atoms with Crippen molar-refractivity contribution >= 4 is 17.6 Å². The van der Waals surface area contributed by atoms with Crippen LogP contribution in [0.15, 0.2) is 30.3 Å². The lowest BCUT2D eigenvalue weighted by Crippen LogP contribution is -2.38. The molecule has 2 saturated heterocycles. The largest absolute Gasteiger partial charge is 0.343 e. The van der Waals surface area contributed by atoms with Crippen LogP contribution < -0.4 is 0 Å². The zero-order valence-corrected chi connectivity index (χ0v) is 21.8. The van der Waals surface area contributed by atoms with E-state index in [2.05, 4.69) is 30.7 Å². The molecule has 2 fully saturated rings. The summed E-state index contributed by atoms with van der Waals surface area (Å²) < 4.78 is 2.12. The number of fused-ring (bicyclic) bond motifs is 1. The van der Waals surface area contributed by atoms with Crippen LogP contribution in [0.25, 0.3) is 0 Å². The Kier molecular flexibility index (Phi) is 6.75. The van der Waals surface area contributed by atoms with E-state index < -0.39 is 0 Å². The Morgan fingerprint density at radius 1 is 1.03 bits per heavy atom. The lowest BCUT2D eigenvalue weighted by molar-refractivity contribution is -0.132. The molecule has 7 nitrogen and oxygen atoms in total. The summed E-state index contributed by atoms with van der Waals surface area (Å²) in [6.07, 6.45) is 5.96. The first kappa shape index (κ1) is 24.7. The highest BCUT2D eigenvalue weighted by Crippen LogP contribution is 2.43. The number of hydrogen-bond acceptors (Lipinski definition) is 4. The first-order valence-corrected chi connectivity index (χ1v) is 13.5. The number of carbonyl (C=O) groups excluding carboxylic acids is 3. The van der Waals surface area contributed by atoms with Crippen LogP contribution in [0, 0.1) is 5.41 Å². The predicted octanol–water partition coefficient (Wildman–Crippen LogP) is 4.52. The Labute approximate surface area is 213 Å². The highest BCUT2D eigenvalue weighted by Gasteiger charge is 2.42. The molecule has 0 unspecified atom stereocenters. The summed E-state index contributed by atoms with van der Waals surface area (Å²) in [5.74, 6) is 0.416. The van der Waals surface area contributed by atoms with Gasteiger partial charge in [0, 0.05) is 39.4 Å². The van der Waals surface area contributed by atoms with E-state index in [4.69, 9.17) is 5.10 Å². The van der Waals surface area contributed by atoms with E-state index in [-0.39, 0.29) is 35.1 Å². The van der Waals surface area contributed by atoms with Gasteiger partial charge >= 0.3 is 0 Å². The molecule has 0 bridgehead atoms. The number of piperidine rings is 1. The van der Waals surface area contributed by atoms with E-state index in [9.17, 15) is 14.4 Å². The van der Waals surface area contributed by atoms with E-state index in [1.165, 1.54) is 0 Å². The molecular weight excluding hydrogens is 452 g/mol. The average Bonchev–Trinajstić information content (AvgIpc) is 3.47. The molecule has 2 aliphatic heterocycles. The number of rotatable bonds is 5. The van der Waals surface area contributed by atoms with Crippen LogP contribution in [0.1, 0.15) is 98.7 Å². The van der Waals surface area contributed by atoms with Crippen molar-refractivity contribution in [3.63, 3.8) is 0 Å². The van der Waals surface area contributed by atoms with E-state index in [1.54, 1.807) is 6.92 Å². The first-order chi connectivity index (χ1) is 17.2. The van der Waals surface area contributed by atoms with E-state index in [0.29, 0.717) is 12.8 Å². The predicted molar refractivity (Wildman–Crippen MR) is 138 cm³/mol. The number of aryl methyl sites for hydroxylation is 1. The van der Waals surface area contributed by atoms with Crippen molar-refractivity contribution in [3.05, 3.63) is 52.8 Å². The number of ketones is 1. The maximum absolute atomic E-state index is 13.5. The Hall–Kier alpha value is -2.96. The zero-order chi connectivity index (χ0) is 25.4. The summed E-state index contributed by atoms with van der Waals surface area (Å²) in [5, 5.41) is 5.13. The van der Waals surface area contributed by atoms with Gasteiger partial charge in [0.2, 0.25) is 11.8 Å². The van der Waals surface area contributed by atoms with Gasteiger partial charge in [0.25, 0.3) is 0 Å². The van der Waals surface area contributed by atoms with Crippen molar-refractivity contribution < 1.29 is 14.4 Å². The van der Waals surface area contributed by atoms with Gasteiger partial charge in [0.1, 0.15) is 0 Å². The monoisotopic (exact) mass is 490 g/mol. The fraction of sp³-hybridized carbons (Fsp3) is 0.586. The molecular formula is C29H38N4O3. The van der Waals surface area contributed by atoms with Crippen LogP contribution in [-0.4, -0.2) is 56.8 Å². The van der Waals surface area contributed by atoms with E-state index >= 15 is 0 Å². The fourth-order valence-corrected chi connectivity index (χ4v) is 6.35. The summed E-state index contributed by atoms with van der Waals surface area (Å²) in [7, 11) is 0. The van der Waals surface area contributed by atoms with Gasteiger partial charge in [-0.1, -0.05) is 44.2 Å². The molecule has 3 aliphatic rings. The molecule has 3 heterocycles. The number of hydrogen-bond donors (Lipinski definition) is 0. The summed E-state index contributed by atoms with van der Waals surface area (Å²) in [6, 6.07) is 10.2. The summed E-state index contributed by atoms with van der Waals surface area (Å²) in [6.45, 7) is 8.08. The van der Waals surface area contributed by atoms with Crippen molar-refractivity contribution in [3.8, 4) is 0 Å². The molecule has 0 saturated carbocycles. The van der Waals surface area contributed by atoms with Crippen LogP contribution in [0.2, 0.25) is 0 Å². The van der Waals surface area contributed by atoms with E-state index in [1.807, 2.05) is 28.0 Å². The summed E-state index contributed by atoms with van der Waals surface area (Å²) in [4.78, 5) is 42.5. The topological polar surface area (TPSA) is 75.5 Å². The van der Waals surface area contributed by atoms with Crippen LogP contribution >= 0.6 is 0 Å². The van der Waals surface area contributed by atoms with Gasteiger partial charge in [-0.15, -0.1) is 0 Å². The van der Waals surface area contributed by atoms with Crippen molar-refractivity contribution in [1.29, 1.82) is 0 Å². The van der Waals surface area contributed by atoms with Gasteiger partial charge in [-0.3, -0.25) is 19.1 Å². The third kappa shape index (κ3) is 4.84. The van der Waals surface area contributed by atoms with Crippen molar-refractivity contribution in [2.75, 3.05) is 19.6 Å². The van der Waals surface area contributed by atoms with Crippen molar-refractivity contribution in [1.82, 2.24) is 19.6 Å². The van der Waals surface area contributed by atoms with Gasteiger partial charge in [0.05, 0.1) is 29.0 Å². The lowest BCUT2D eigenvalue weighted by Gasteiger charge is -2.34. The normalized spacial score (nSPS) is 22.1. The van der Waals surface area contributed by atoms with E-state index in [0.717, 1.165) is 80.7 Å². The number of Topliss-reactive ketones (excluding diaryl/α,β-unsaturated/α-hetero) is 1. The molecule has 0 N–H and O–H groups in total. The molecule has 5 rings (SSSR count). The number of aromatic nitrogens is 2. The van der Waals surface area contributed by atoms with Gasteiger partial charge in [-0.25, -0.2) is 0 Å². The maximum Gasteiger partial charge on any atom is 0.223 e. The van der Waals surface area contributed by atoms with Crippen molar-refractivity contribution in [2.24, 2.45) is 5.41 Å². The minimum Gasteiger partial charge on any atom is -0.343 e. The number of benzene rings is 1. The Balaban J connectivity index is 1.43. The second kappa shape index (κ2) is 9.83. The minimum absolute atomic E-state index is 0.111. The van der Waals surface area contributed by atoms with Crippen LogP contribution in [-0.2, 0) is 22.4 Å². The Morgan fingerprint density at radius 3 is 2.44 bits per heavy atom. The second-order valence-corrected chi connectivity index (χ2v) is 11.6. The fourth-order valence-electron chi connectivity index (χ4n) is 6.35. The number of likely N-dealkylation sites (tertiary alicyclic amines) is 2. The molecule has 1 atom stereocenters. The third-order valence-corrected chi connectivity index (χ3v) is 8.22. The highest BCUT2D eigenvalue weighted by molar-refractivity contribution is 6.00. The van der Waals surface area contributed by atoms with Gasteiger partial charge in [-0.2, -0.15) is 5.10 Å². The zero-order valence-electron chi connectivity index (χ0n) is 21.8. The van der Waals surface area contributed by atoms with Gasteiger partial charge in [-0.05, 0) is 49.5 Å². The molecule has 2 amide bonds. The Bertz CT molecular complexity index is 1140. The standard InChI is InChI=1S/C29H38N4O3/c1-20(34)31-16-13-22(14-17-31)33-24-18-29(2,3)19-25(35)27(24)28(30-33)23-10-7-15-32(23)26(36)12-11-21-8-5-4-6-9-21/h4-6,8-9,22-23H,7,10-19H2,1-3H3/t23-/m0/s1. The lowest BCUT2D eigenvalue weighted by atomic mass is 9.75. The number of amides is 2. The van der Waals surface area contributed by atoms with Gasteiger partial charge < -0.3 is 9.80 Å². The molecule has 7 heteroatoms. The van der Waals surface area contributed by atoms with Gasteiger partial charge in [0.15, 0.2) is 5.78 Å². The maximum atomic E-state index is 13.5. The third-order valence-electron chi connectivity index (χ3n) is 8.22. The number of nitrogens with zero attached hydrogens (tertiary/aromatic N) is 4. The summed E-state index contributed by atoms with van der Waals surface area (Å²) in [5.41, 5.74) is 3.68. The second-order valence-electron chi connectivity index (χ2n) is 11.6. The molecule has 1 aromatic carbocycles. The highest BCUT2D eigenvalue weighted by atomic mass is 16.2. The minimum atomic E-state index is -0.134. The number of carbonyl (C=O) groups is 3. The molecule has 1 aromatic heterocycles. The van der Waals surface area contributed by atoms with Crippen LogP contribution in [0.4, 0.5) is 0 Å². The smallest absolute Gasteiger partial charge is 0.223 e. The SMILES string of the molecule is CC(=O)N1CCC(n2nc([C@@H]3CCCN3C(=O)CCc3ccccc3)c3c2CC(C)(C)CC3=O)CC1. The molecule has 0 radical (unpaired) electrons. The molecule has 36 heavy (non-hydrogen) atoms. The molecule has 192 valence electrons. The van der Waals surface area contributed by atoms with Crippen LogP contribution in [0.3, 0.4) is 0 Å². The van der Waals surface area contributed by atoms with Crippen LogP contribution in [0.5, 0.6) is 0 Å². The Morgan fingerprint density at radius 2 is 1.75 bits per heavy atom. The van der Waals surface area contributed by atoms with Crippen molar-refractivity contribution in [2.45, 2.75) is 84.2 Å².